The maximum absolute atomic E-state index is 13.1. The normalized spacial score (nSPS) is 11.6. The van der Waals surface area contributed by atoms with Gasteiger partial charge in [0.1, 0.15) is 24.1 Å². The van der Waals surface area contributed by atoms with Gasteiger partial charge in [-0.25, -0.2) is 15.1 Å². The molecule has 0 bridgehead atoms. The Morgan fingerprint density at radius 3 is 2.37 bits per heavy atom. The number of esters is 1. The molecular formula is C32H41N3O6. The molecule has 1 amide bonds. The molecule has 0 saturated heterocycles. The van der Waals surface area contributed by atoms with Crippen LogP contribution in [0.25, 0.3) is 10.8 Å². The summed E-state index contributed by atoms with van der Waals surface area (Å²) >= 11 is 0. The van der Waals surface area contributed by atoms with E-state index in [1.54, 1.807) is 18.2 Å². The van der Waals surface area contributed by atoms with Crippen molar-refractivity contribution < 1.29 is 28.7 Å². The van der Waals surface area contributed by atoms with Crippen LogP contribution >= 0.6 is 0 Å². The van der Waals surface area contributed by atoms with Gasteiger partial charge in [0.05, 0.1) is 12.2 Å². The van der Waals surface area contributed by atoms with Crippen molar-refractivity contribution in [1.29, 1.82) is 0 Å². The number of nitrogens with zero attached hydrogens (tertiary/aromatic N) is 1. The van der Waals surface area contributed by atoms with Gasteiger partial charge in [0.2, 0.25) is 5.91 Å². The van der Waals surface area contributed by atoms with Crippen LogP contribution in [0.5, 0.6) is 5.75 Å². The zero-order valence-corrected chi connectivity index (χ0v) is 24.4. The maximum Gasteiger partial charge on any atom is 0.354 e. The summed E-state index contributed by atoms with van der Waals surface area (Å²) in [4.78, 5) is 45.2. The van der Waals surface area contributed by atoms with Gasteiger partial charge in [-0.15, -0.1) is 0 Å². The van der Waals surface area contributed by atoms with E-state index in [-0.39, 0.29) is 18.9 Å². The number of nitrogens with one attached hydrogen (secondary N) is 2. The molecule has 3 rings (SSSR count). The molecule has 0 radical (unpaired) electrons. The Morgan fingerprint density at radius 2 is 1.66 bits per heavy atom. The van der Waals surface area contributed by atoms with Crippen LogP contribution in [-0.2, 0) is 25.6 Å². The molecule has 9 nitrogen and oxygen atoms in total. The monoisotopic (exact) mass is 563 g/mol. The highest BCUT2D eigenvalue weighted by Gasteiger charge is 2.23. The van der Waals surface area contributed by atoms with Gasteiger partial charge in [0.15, 0.2) is 0 Å². The molecule has 3 aromatic carbocycles. The molecule has 220 valence electrons. The van der Waals surface area contributed by atoms with Gasteiger partial charge in [-0.05, 0) is 54.0 Å². The number of hydrogen-bond acceptors (Lipinski definition) is 8. The number of carbonyl (C=O) groups is 3. The van der Waals surface area contributed by atoms with Crippen molar-refractivity contribution in [2.75, 3.05) is 38.3 Å². The van der Waals surface area contributed by atoms with E-state index in [1.165, 1.54) is 6.92 Å². The summed E-state index contributed by atoms with van der Waals surface area (Å²) in [7, 11) is 0. The lowest BCUT2D eigenvalue weighted by molar-refractivity contribution is -0.144. The van der Waals surface area contributed by atoms with Crippen molar-refractivity contribution in [1.82, 2.24) is 10.2 Å². The SMILES string of the molecule is CCCCOc1cc(C(=O)OCCN(CC)CC)ccc1NOC(=O)[C@@H](Cc1ccc2ccccc2c1)NC(C)=O. The lowest BCUT2D eigenvalue weighted by Gasteiger charge is -2.19. The summed E-state index contributed by atoms with van der Waals surface area (Å²) in [5.74, 6) is -1.11. The Morgan fingerprint density at radius 1 is 0.902 bits per heavy atom. The van der Waals surface area contributed by atoms with Gasteiger partial charge in [-0.1, -0.05) is 69.7 Å². The minimum atomic E-state index is -0.911. The largest absolute Gasteiger partial charge is 0.491 e. The van der Waals surface area contributed by atoms with E-state index in [4.69, 9.17) is 14.3 Å². The predicted octanol–water partition coefficient (Wildman–Crippen LogP) is 5.13. The molecule has 0 aliphatic heterocycles. The van der Waals surface area contributed by atoms with Gasteiger partial charge in [-0.3, -0.25) is 4.79 Å². The highest BCUT2D eigenvalue weighted by molar-refractivity contribution is 5.91. The fourth-order valence-corrected chi connectivity index (χ4v) is 4.29. The molecule has 0 unspecified atom stereocenters. The molecule has 2 N–H and O–H groups in total. The first-order chi connectivity index (χ1) is 19.8. The smallest absolute Gasteiger partial charge is 0.354 e. The van der Waals surface area contributed by atoms with Crippen LogP contribution in [0.3, 0.4) is 0 Å². The van der Waals surface area contributed by atoms with Crippen molar-refractivity contribution in [2.24, 2.45) is 0 Å². The zero-order valence-electron chi connectivity index (χ0n) is 24.4. The van der Waals surface area contributed by atoms with E-state index in [9.17, 15) is 14.4 Å². The topological polar surface area (TPSA) is 106 Å². The number of amides is 1. The molecule has 9 heteroatoms. The van der Waals surface area contributed by atoms with E-state index in [0.717, 1.165) is 42.3 Å². The summed E-state index contributed by atoms with van der Waals surface area (Å²) in [6.45, 7) is 10.7. The lowest BCUT2D eigenvalue weighted by Crippen LogP contribution is -2.43. The van der Waals surface area contributed by atoms with Crippen LogP contribution in [-0.4, -0.2) is 61.6 Å². The molecule has 41 heavy (non-hydrogen) atoms. The quantitative estimate of drug-likeness (QED) is 0.140. The number of benzene rings is 3. The van der Waals surface area contributed by atoms with Crippen LogP contribution in [0.2, 0.25) is 0 Å². The minimum absolute atomic E-state index is 0.253. The van der Waals surface area contributed by atoms with Crippen molar-refractivity contribution >= 4 is 34.3 Å². The van der Waals surface area contributed by atoms with E-state index < -0.39 is 18.0 Å². The Bertz CT molecular complexity index is 1310. The number of carbonyl (C=O) groups excluding carboxylic acids is 3. The third-order valence-corrected chi connectivity index (χ3v) is 6.69. The molecule has 0 heterocycles. The highest BCUT2D eigenvalue weighted by Crippen LogP contribution is 2.27. The summed E-state index contributed by atoms with van der Waals surface area (Å²) in [5.41, 5.74) is 4.26. The Balaban J connectivity index is 1.69. The summed E-state index contributed by atoms with van der Waals surface area (Å²) in [6, 6.07) is 17.7. The molecule has 0 fully saturated rings. The molecule has 0 aliphatic rings. The fourth-order valence-electron chi connectivity index (χ4n) is 4.29. The van der Waals surface area contributed by atoms with Crippen molar-refractivity contribution in [2.45, 2.75) is 53.0 Å². The molecular weight excluding hydrogens is 522 g/mol. The Labute approximate surface area is 242 Å². The van der Waals surface area contributed by atoms with Crippen LogP contribution in [0, 0.1) is 0 Å². The van der Waals surface area contributed by atoms with E-state index in [2.05, 4.69) is 29.5 Å². The van der Waals surface area contributed by atoms with Gasteiger partial charge < -0.3 is 24.5 Å². The summed E-state index contributed by atoms with van der Waals surface area (Å²) in [6.07, 6.45) is 2.00. The average molecular weight is 564 g/mol. The van der Waals surface area contributed by atoms with Gasteiger partial charge in [-0.2, -0.15) is 0 Å². The Kier molecular flexibility index (Phi) is 12.4. The van der Waals surface area contributed by atoms with Gasteiger partial charge >= 0.3 is 11.9 Å². The second kappa shape index (κ2) is 16.2. The Hall–Kier alpha value is -4.11. The van der Waals surface area contributed by atoms with E-state index in [0.29, 0.717) is 30.2 Å². The van der Waals surface area contributed by atoms with Crippen LogP contribution in [0.4, 0.5) is 5.69 Å². The zero-order chi connectivity index (χ0) is 29.6. The standard InChI is InChI=1S/C32H41N3O6/c1-5-8-18-39-30-22-27(31(37)40-19-17-35(6-2)7-3)15-16-28(30)34-41-32(38)29(33-23(4)36)21-24-13-14-25-11-9-10-12-26(25)20-24/h9-16,20,22,29,34H,5-8,17-19,21H2,1-4H3,(H,33,36)/t29-/m1/s1. The van der Waals surface area contributed by atoms with Crippen LogP contribution in [0.1, 0.15) is 56.5 Å². The maximum atomic E-state index is 13.1. The first-order valence-electron chi connectivity index (χ1n) is 14.2. The second-order valence-electron chi connectivity index (χ2n) is 9.74. The molecule has 0 aliphatic carbocycles. The summed E-state index contributed by atoms with van der Waals surface area (Å²) in [5, 5.41) is 4.81. The fraction of sp³-hybridized carbons (Fsp3) is 0.406. The van der Waals surface area contributed by atoms with Crippen molar-refractivity contribution in [3.63, 3.8) is 0 Å². The third-order valence-electron chi connectivity index (χ3n) is 6.69. The van der Waals surface area contributed by atoms with Crippen LogP contribution in [0.15, 0.2) is 60.7 Å². The first-order valence-corrected chi connectivity index (χ1v) is 14.2. The van der Waals surface area contributed by atoms with Gasteiger partial charge in [0, 0.05) is 19.9 Å². The molecule has 1 atom stereocenters. The predicted molar refractivity (Wildman–Crippen MR) is 160 cm³/mol. The number of likely N-dealkylation sites (N-methyl/N-ethyl adjacent to an activating group) is 1. The molecule has 0 spiro atoms. The number of fused-ring (bicyclic) bond motifs is 1. The van der Waals surface area contributed by atoms with E-state index >= 15 is 0 Å². The highest BCUT2D eigenvalue weighted by atomic mass is 16.7. The summed E-state index contributed by atoms with van der Waals surface area (Å²) < 4.78 is 11.4. The number of hydrogen-bond donors (Lipinski definition) is 2. The van der Waals surface area contributed by atoms with Crippen molar-refractivity contribution in [3.05, 3.63) is 71.8 Å². The number of unbranched alkanes of at least 4 members (excludes halogenated alkanes) is 1. The second-order valence-corrected chi connectivity index (χ2v) is 9.74. The van der Waals surface area contributed by atoms with Crippen LogP contribution < -0.4 is 15.5 Å². The molecule has 0 aromatic heterocycles. The number of rotatable bonds is 16. The molecule has 0 saturated carbocycles. The van der Waals surface area contributed by atoms with Crippen molar-refractivity contribution in [3.8, 4) is 5.75 Å². The number of anilines is 1. The van der Waals surface area contributed by atoms with Gasteiger partial charge in [0.25, 0.3) is 0 Å². The molecule has 3 aromatic rings. The third kappa shape index (κ3) is 9.79. The first kappa shape index (κ1) is 31.4. The van der Waals surface area contributed by atoms with E-state index in [1.807, 2.05) is 49.4 Å². The lowest BCUT2D eigenvalue weighted by atomic mass is 10.0. The minimum Gasteiger partial charge on any atom is -0.491 e. The average Bonchev–Trinajstić information content (AvgIpc) is 2.97. The number of ether oxygens (including phenoxy) is 2.